The van der Waals surface area contributed by atoms with Gasteiger partial charge >= 0.3 is 0 Å². The zero-order valence-electron chi connectivity index (χ0n) is 24.0. The average Bonchev–Trinajstić information content (AvgIpc) is 3.60. The maximum absolute atomic E-state index is 14.2. The topological polar surface area (TPSA) is 116 Å². The summed E-state index contributed by atoms with van der Waals surface area (Å²) < 4.78 is 59.4. The molecule has 226 valence electrons. The van der Waals surface area contributed by atoms with Crippen molar-refractivity contribution in [1.29, 1.82) is 5.26 Å². The van der Waals surface area contributed by atoms with Gasteiger partial charge in [0.1, 0.15) is 17.0 Å². The molecule has 1 N–H and O–H groups in total. The van der Waals surface area contributed by atoms with E-state index < -0.39 is 27.2 Å². The number of para-hydroxylation sites is 1. The number of hydrogen-bond acceptors (Lipinski definition) is 7. The van der Waals surface area contributed by atoms with E-state index in [1.54, 1.807) is 0 Å². The number of anilines is 1. The predicted molar refractivity (Wildman–Crippen MR) is 154 cm³/mol. The number of carbonyl (C=O) groups is 1. The van der Waals surface area contributed by atoms with Gasteiger partial charge in [-0.2, -0.15) is 5.26 Å². The van der Waals surface area contributed by atoms with Crippen molar-refractivity contribution < 1.29 is 26.4 Å². The van der Waals surface area contributed by atoms with E-state index in [4.69, 9.17) is 9.40 Å². The van der Waals surface area contributed by atoms with Crippen LogP contribution in [-0.2, 0) is 14.6 Å². The Bertz CT molecular complexity index is 1480. The largest absolute Gasteiger partial charge is 0.444 e. The molecule has 8 nitrogen and oxygen atoms in total. The van der Waals surface area contributed by atoms with Crippen molar-refractivity contribution in [2.75, 3.05) is 29.5 Å². The van der Waals surface area contributed by atoms with E-state index in [2.05, 4.69) is 11.4 Å². The van der Waals surface area contributed by atoms with Crippen LogP contribution >= 0.6 is 0 Å². The summed E-state index contributed by atoms with van der Waals surface area (Å²) in [5.74, 6) is -2.98. The highest BCUT2D eigenvalue weighted by molar-refractivity contribution is 7.91. The SMILES string of the molecule is C[C@H]1CC(F)(F)CC[C@@H]1c1nc(-c2ccccc2N2CCS(=O)(=O)CC2)c([C@@H]2CCCC[C@H]2C(=O)NC2(C#N)CC2)o1. The summed E-state index contributed by atoms with van der Waals surface area (Å²) in [5, 5.41) is 12.6. The van der Waals surface area contributed by atoms with E-state index in [1.807, 2.05) is 36.1 Å². The second kappa shape index (κ2) is 10.9. The first kappa shape index (κ1) is 29.1. The first-order valence-electron chi connectivity index (χ1n) is 15.2. The number of nitrogens with one attached hydrogen (secondary N) is 1. The third-order valence-electron chi connectivity index (χ3n) is 9.73. The summed E-state index contributed by atoms with van der Waals surface area (Å²) in [6.07, 6.45) is 4.27. The molecule has 1 aromatic carbocycles. The maximum Gasteiger partial charge on any atom is 0.248 e. The van der Waals surface area contributed by atoms with Gasteiger partial charge in [0.25, 0.3) is 0 Å². The van der Waals surface area contributed by atoms with Crippen molar-refractivity contribution >= 4 is 21.4 Å². The minimum atomic E-state index is -3.09. The number of benzene rings is 1. The van der Waals surface area contributed by atoms with Gasteiger partial charge in [0.2, 0.25) is 11.8 Å². The summed E-state index contributed by atoms with van der Waals surface area (Å²) in [4.78, 5) is 20.6. The number of alkyl halides is 2. The van der Waals surface area contributed by atoms with E-state index in [0.29, 0.717) is 56.1 Å². The molecule has 0 unspecified atom stereocenters. The molecular weight excluding hydrogens is 562 g/mol. The molecule has 4 fully saturated rings. The quantitative estimate of drug-likeness (QED) is 0.461. The number of oxazole rings is 1. The number of nitrogens with zero attached hydrogens (tertiary/aromatic N) is 3. The lowest BCUT2D eigenvalue weighted by molar-refractivity contribution is -0.127. The number of nitriles is 1. The van der Waals surface area contributed by atoms with Crippen molar-refractivity contribution in [2.45, 2.75) is 88.0 Å². The molecule has 0 spiro atoms. The highest BCUT2D eigenvalue weighted by atomic mass is 32.2. The van der Waals surface area contributed by atoms with Crippen molar-refractivity contribution in [2.24, 2.45) is 11.8 Å². The molecule has 4 aliphatic rings. The molecule has 1 aliphatic heterocycles. The zero-order chi connectivity index (χ0) is 29.7. The molecule has 3 saturated carbocycles. The number of sulfone groups is 1. The lowest BCUT2D eigenvalue weighted by atomic mass is 9.76. The molecule has 3 aliphatic carbocycles. The predicted octanol–water partition coefficient (Wildman–Crippen LogP) is 5.56. The van der Waals surface area contributed by atoms with Crippen molar-refractivity contribution in [3.05, 3.63) is 35.9 Å². The Morgan fingerprint density at radius 3 is 2.50 bits per heavy atom. The van der Waals surface area contributed by atoms with Gasteiger partial charge in [-0.05, 0) is 44.1 Å². The van der Waals surface area contributed by atoms with Crippen molar-refractivity contribution in [3.63, 3.8) is 0 Å². The van der Waals surface area contributed by atoms with E-state index >= 15 is 0 Å². The number of aromatic nitrogens is 1. The summed E-state index contributed by atoms with van der Waals surface area (Å²) >= 11 is 0. The van der Waals surface area contributed by atoms with Gasteiger partial charge in [-0.15, -0.1) is 0 Å². The van der Waals surface area contributed by atoms with Crippen LogP contribution in [0.25, 0.3) is 11.3 Å². The minimum Gasteiger partial charge on any atom is -0.444 e. The van der Waals surface area contributed by atoms with E-state index in [0.717, 1.165) is 24.1 Å². The molecule has 2 heterocycles. The Morgan fingerprint density at radius 1 is 1.10 bits per heavy atom. The summed E-state index contributed by atoms with van der Waals surface area (Å²) in [6.45, 7) is 2.54. The zero-order valence-corrected chi connectivity index (χ0v) is 24.8. The van der Waals surface area contributed by atoms with Gasteiger partial charge in [-0.25, -0.2) is 22.2 Å². The van der Waals surface area contributed by atoms with Gasteiger partial charge < -0.3 is 14.6 Å². The van der Waals surface area contributed by atoms with Crippen LogP contribution in [0.4, 0.5) is 14.5 Å². The Kier molecular flexibility index (Phi) is 7.57. The van der Waals surface area contributed by atoms with Crippen LogP contribution in [0, 0.1) is 23.2 Å². The third-order valence-corrected chi connectivity index (χ3v) is 11.3. The van der Waals surface area contributed by atoms with Crippen LogP contribution in [-0.4, -0.2) is 55.4 Å². The van der Waals surface area contributed by atoms with Crippen molar-refractivity contribution in [3.8, 4) is 17.3 Å². The molecule has 0 radical (unpaired) electrons. The van der Waals surface area contributed by atoms with Gasteiger partial charge in [0.05, 0.1) is 17.6 Å². The number of rotatable bonds is 6. The first-order chi connectivity index (χ1) is 20.0. The molecular formula is C31H38F2N4O4S. The maximum atomic E-state index is 14.2. The molecule has 0 bridgehead atoms. The Labute approximate surface area is 245 Å². The van der Waals surface area contributed by atoms with E-state index in [-0.39, 0.29) is 54.4 Å². The monoisotopic (exact) mass is 600 g/mol. The molecule has 1 saturated heterocycles. The second-order valence-corrected chi connectivity index (χ2v) is 15.1. The van der Waals surface area contributed by atoms with Crippen LogP contribution in [0.1, 0.15) is 88.2 Å². The molecule has 1 aromatic heterocycles. The van der Waals surface area contributed by atoms with Crippen LogP contribution in [0.3, 0.4) is 0 Å². The fraction of sp³-hybridized carbons (Fsp3) is 0.645. The summed E-state index contributed by atoms with van der Waals surface area (Å²) in [6, 6.07) is 9.94. The first-order valence-corrected chi connectivity index (χ1v) is 17.0. The second-order valence-electron chi connectivity index (χ2n) is 12.8. The number of halogens is 2. The molecule has 4 atom stereocenters. The Balaban J connectivity index is 1.41. The fourth-order valence-corrected chi connectivity index (χ4v) is 8.27. The van der Waals surface area contributed by atoms with Crippen LogP contribution in [0.5, 0.6) is 0 Å². The third kappa shape index (κ3) is 5.79. The van der Waals surface area contributed by atoms with Gasteiger partial charge in [-0.1, -0.05) is 38.0 Å². The highest BCUT2D eigenvalue weighted by Crippen LogP contribution is 2.49. The van der Waals surface area contributed by atoms with Crippen LogP contribution in [0.15, 0.2) is 28.7 Å². The number of hydrogen-bond donors (Lipinski definition) is 1. The van der Waals surface area contributed by atoms with Gasteiger partial charge in [0, 0.05) is 54.9 Å². The van der Waals surface area contributed by atoms with E-state index in [9.17, 15) is 27.3 Å². The molecule has 6 rings (SSSR count). The highest BCUT2D eigenvalue weighted by Gasteiger charge is 2.48. The average molecular weight is 601 g/mol. The normalized spacial score (nSPS) is 29.8. The lowest BCUT2D eigenvalue weighted by Crippen LogP contribution is -2.42. The van der Waals surface area contributed by atoms with Crippen molar-refractivity contribution in [1.82, 2.24) is 10.3 Å². The summed E-state index contributed by atoms with van der Waals surface area (Å²) in [7, 11) is -3.09. The fourth-order valence-electron chi connectivity index (χ4n) is 7.07. The molecule has 1 amide bonds. The van der Waals surface area contributed by atoms with Gasteiger partial charge in [0.15, 0.2) is 15.7 Å². The summed E-state index contributed by atoms with van der Waals surface area (Å²) in [5.41, 5.74) is 1.45. The van der Waals surface area contributed by atoms with Crippen LogP contribution < -0.4 is 10.2 Å². The number of amides is 1. The smallest absolute Gasteiger partial charge is 0.248 e. The standard InChI is InChI=1S/C31H38F2N4O4S/c1-20-18-31(32,33)11-10-21(20)29-35-26(24-8-4-5-9-25(24)37-14-16-42(39,40)17-15-37)27(41-29)22-6-2-3-7-23(22)28(38)36-30(19-34)12-13-30/h4-5,8-9,20-23H,2-3,6-7,10-18H2,1H3,(H,36,38)/t20-,21-,22+,23+/m0/s1. The molecule has 2 aromatic rings. The molecule has 42 heavy (non-hydrogen) atoms. The minimum absolute atomic E-state index is 0.0670. The Hall–Kier alpha value is -3.00. The van der Waals surface area contributed by atoms with Crippen LogP contribution in [0.2, 0.25) is 0 Å². The molecule has 11 heteroatoms. The number of carbonyl (C=O) groups excluding carboxylic acids is 1. The Morgan fingerprint density at radius 2 is 1.81 bits per heavy atom. The lowest BCUT2D eigenvalue weighted by Gasteiger charge is -2.32. The van der Waals surface area contributed by atoms with E-state index in [1.165, 1.54) is 0 Å². The van der Waals surface area contributed by atoms with Gasteiger partial charge in [-0.3, -0.25) is 4.79 Å².